The average molecular weight is 401 g/mol. The molecule has 0 unspecified atom stereocenters. The minimum absolute atomic E-state index is 0.0658. The molecule has 0 heterocycles. The van der Waals surface area contributed by atoms with Crippen molar-refractivity contribution in [2.24, 2.45) is 0 Å². The van der Waals surface area contributed by atoms with Gasteiger partial charge in [-0.2, -0.15) is 26.3 Å². The van der Waals surface area contributed by atoms with Crippen molar-refractivity contribution < 1.29 is 31.1 Å². The van der Waals surface area contributed by atoms with Crippen LogP contribution in [0.1, 0.15) is 42.4 Å². The molecule has 1 aliphatic carbocycles. The Balaban J connectivity index is 2.20. The second-order valence-electron chi connectivity index (χ2n) is 6.84. The molecule has 3 rings (SSSR count). The van der Waals surface area contributed by atoms with Gasteiger partial charge in [0.2, 0.25) is 6.41 Å². The van der Waals surface area contributed by atoms with Crippen LogP contribution in [-0.4, -0.2) is 6.41 Å². The van der Waals surface area contributed by atoms with Gasteiger partial charge in [-0.1, -0.05) is 43.2 Å². The van der Waals surface area contributed by atoms with Crippen molar-refractivity contribution in [1.29, 1.82) is 0 Å². The standard InChI is InChI=1S/C20H17F6NO/c21-19(22,23)15-10-16(20(24,25)26)12-17(11-15)27(13-28)18(8-4-5-9-18)14-6-2-1-3-7-14/h1-3,6-7,10-13H,4-5,8-9H2. The Morgan fingerprint density at radius 1 is 0.821 bits per heavy atom. The molecule has 0 N–H and O–H groups in total. The van der Waals surface area contributed by atoms with Crippen LogP contribution in [0.15, 0.2) is 48.5 Å². The Morgan fingerprint density at radius 3 is 1.75 bits per heavy atom. The van der Waals surface area contributed by atoms with Gasteiger partial charge in [-0.05, 0) is 36.6 Å². The Bertz CT molecular complexity index is 806. The number of amides is 1. The summed E-state index contributed by atoms with van der Waals surface area (Å²) in [6.07, 6.45) is -7.29. The van der Waals surface area contributed by atoms with E-state index in [9.17, 15) is 31.1 Å². The van der Waals surface area contributed by atoms with Gasteiger partial charge in [0, 0.05) is 5.69 Å². The van der Waals surface area contributed by atoms with Crippen LogP contribution >= 0.6 is 0 Å². The highest BCUT2D eigenvalue weighted by Gasteiger charge is 2.43. The maximum atomic E-state index is 13.2. The summed E-state index contributed by atoms with van der Waals surface area (Å²) in [6.45, 7) is 0. The van der Waals surface area contributed by atoms with E-state index in [2.05, 4.69) is 0 Å². The van der Waals surface area contributed by atoms with Crippen molar-refractivity contribution in [1.82, 2.24) is 0 Å². The molecule has 1 saturated carbocycles. The maximum absolute atomic E-state index is 13.2. The summed E-state index contributed by atoms with van der Waals surface area (Å²) in [7, 11) is 0. The van der Waals surface area contributed by atoms with Crippen molar-refractivity contribution in [2.75, 3.05) is 4.90 Å². The summed E-state index contributed by atoms with van der Waals surface area (Å²) in [5.41, 5.74) is -3.58. The lowest BCUT2D eigenvalue weighted by Gasteiger charge is -2.40. The van der Waals surface area contributed by atoms with Gasteiger partial charge < -0.3 is 4.90 Å². The predicted octanol–water partition coefficient (Wildman–Crippen LogP) is 6.16. The largest absolute Gasteiger partial charge is 0.416 e. The number of halogens is 6. The zero-order valence-electron chi connectivity index (χ0n) is 14.6. The molecule has 1 aliphatic rings. The second kappa shape index (κ2) is 7.14. The minimum atomic E-state index is -4.97. The van der Waals surface area contributed by atoms with Crippen LogP contribution in [0.4, 0.5) is 32.0 Å². The van der Waals surface area contributed by atoms with Crippen LogP contribution in [0.3, 0.4) is 0 Å². The topological polar surface area (TPSA) is 20.3 Å². The highest BCUT2D eigenvalue weighted by molar-refractivity contribution is 5.79. The molecule has 2 aromatic rings. The average Bonchev–Trinajstić information content (AvgIpc) is 3.12. The van der Waals surface area contributed by atoms with Crippen LogP contribution in [-0.2, 0) is 22.7 Å². The van der Waals surface area contributed by atoms with Crippen LogP contribution in [0.25, 0.3) is 0 Å². The Hall–Kier alpha value is -2.51. The fourth-order valence-corrected chi connectivity index (χ4v) is 3.86. The third-order valence-electron chi connectivity index (χ3n) is 5.16. The first-order valence-electron chi connectivity index (χ1n) is 8.67. The van der Waals surface area contributed by atoms with Crippen LogP contribution < -0.4 is 4.90 Å². The fourth-order valence-electron chi connectivity index (χ4n) is 3.86. The van der Waals surface area contributed by atoms with Crippen molar-refractivity contribution in [3.63, 3.8) is 0 Å². The number of hydrogen-bond donors (Lipinski definition) is 0. The van der Waals surface area contributed by atoms with Gasteiger partial charge in [0.1, 0.15) is 0 Å². The molecular weight excluding hydrogens is 384 g/mol. The van der Waals surface area contributed by atoms with Crippen molar-refractivity contribution in [2.45, 2.75) is 43.6 Å². The first kappa shape index (κ1) is 20.2. The Kier molecular flexibility index (Phi) is 5.16. The third-order valence-corrected chi connectivity index (χ3v) is 5.16. The molecule has 1 amide bonds. The Morgan fingerprint density at radius 2 is 1.32 bits per heavy atom. The number of alkyl halides is 6. The first-order chi connectivity index (χ1) is 13.1. The summed E-state index contributed by atoms with van der Waals surface area (Å²) in [4.78, 5) is 13.0. The molecule has 0 atom stereocenters. The number of anilines is 1. The highest BCUT2D eigenvalue weighted by Crippen LogP contribution is 2.47. The molecule has 0 radical (unpaired) electrons. The predicted molar refractivity (Wildman–Crippen MR) is 91.6 cm³/mol. The van der Waals surface area contributed by atoms with Crippen LogP contribution in [0.2, 0.25) is 0 Å². The van der Waals surface area contributed by atoms with Gasteiger partial charge in [0.25, 0.3) is 0 Å². The summed E-state index contributed by atoms with van der Waals surface area (Å²) in [6, 6.07) is 9.95. The molecule has 1 fully saturated rings. The number of hydrogen-bond acceptors (Lipinski definition) is 1. The zero-order valence-corrected chi connectivity index (χ0v) is 14.6. The molecular formula is C20H17F6NO. The monoisotopic (exact) mass is 401 g/mol. The number of carbonyl (C=O) groups excluding carboxylic acids is 1. The molecule has 2 nitrogen and oxygen atoms in total. The highest BCUT2D eigenvalue weighted by atomic mass is 19.4. The molecule has 8 heteroatoms. The lowest BCUT2D eigenvalue weighted by molar-refractivity contribution is -0.143. The normalized spacial score (nSPS) is 16.8. The van der Waals surface area contributed by atoms with E-state index in [1.54, 1.807) is 30.3 Å². The van der Waals surface area contributed by atoms with E-state index in [4.69, 9.17) is 0 Å². The van der Waals surface area contributed by atoms with Crippen LogP contribution in [0.5, 0.6) is 0 Å². The molecule has 0 saturated heterocycles. The van der Waals surface area contributed by atoms with E-state index in [1.165, 1.54) is 0 Å². The molecule has 0 bridgehead atoms. The molecule has 0 aliphatic heterocycles. The summed E-state index contributed by atoms with van der Waals surface area (Å²) < 4.78 is 79.3. The van der Waals surface area contributed by atoms with Crippen LogP contribution in [0, 0.1) is 0 Å². The number of benzene rings is 2. The fraction of sp³-hybridized carbons (Fsp3) is 0.350. The lowest BCUT2D eigenvalue weighted by atomic mass is 9.86. The SMILES string of the molecule is O=CN(c1cc(C(F)(F)F)cc(C(F)(F)F)c1)C1(c2ccccc2)CCCC1. The van der Waals surface area contributed by atoms with E-state index in [1.807, 2.05) is 0 Å². The van der Waals surface area contributed by atoms with Gasteiger partial charge in [-0.15, -0.1) is 0 Å². The molecule has 0 spiro atoms. The second-order valence-corrected chi connectivity index (χ2v) is 6.84. The zero-order chi connectivity index (χ0) is 20.6. The van der Waals surface area contributed by atoms with Crippen molar-refractivity contribution in [3.05, 3.63) is 65.2 Å². The maximum Gasteiger partial charge on any atom is 0.416 e. The van der Waals surface area contributed by atoms with E-state index in [-0.39, 0.29) is 6.07 Å². The number of rotatable bonds is 4. The lowest BCUT2D eigenvalue weighted by Crippen LogP contribution is -2.44. The van der Waals surface area contributed by atoms with Gasteiger partial charge in [0.05, 0.1) is 16.7 Å². The minimum Gasteiger partial charge on any atom is -0.305 e. The van der Waals surface area contributed by atoms with Gasteiger partial charge >= 0.3 is 12.4 Å². The number of nitrogens with zero attached hydrogens (tertiary/aromatic N) is 1. The van der Waals surface area contributed by atoms with Gasteiger partial charge in [-0.25, -0.2) is 0 Å². The van der Waals surface area contributed by atoms with Gasteiger partial charge in [0.15, 0.2) is 0 Å². The summed E-state index contributed by atoms with van der Waals surface area (Å²) in [5, 5.41) is 0. The van der Waals surface area contributed by atoms with E-state index >= 15 is 0 Å². The summed E-state index contributed by atoms with van der Waals surface area (Å²) >= 11 is 0. The third kappa shape index (κ3) is 3.72. The molecule has 0 aromatic heterocycles. The molecule has 2 aromatic carbocycles. The van der Waals surface area contributed by atoms with E-state index in [0.717, 1.165) is 4.90 Å². The van der Waals surface area contributed by atoms with E-state index < -0.39 is 34.7 Å². The number of carbonyl (C=O) groups is 1. The van der Waals surface area contributed by atoms with Crippen molar-refractivity contribution >= 4 is 12.1 Å². The molecule has 28 heavy (non-hydrogen) atoms. The smallest absolute Gasteiger partial charge is 0.305 e. The first-order valence-corrected chi connectivity index (χ1v) is 8.67. The van der Waals surface area contributed by atoms with Gasteiger partial charge in [-0.3, -0.25) is 4.79 Å². The molecule has 150 valence electrons. The summed E-state index contributed by atoms with van der Waals surface area (Å²) in [5.74, 6) is 0. The van der Waals surface area contributed by atoms with Crippen molar-refractivity contribution in [3.8, 4) is 0 Å². The van der Waals surface area contributed by atoms with E-state index in [0.29, 0.717) is 49.8 Å². The Labute approximate surface area is 157 Å². The quantitative estimate of drug-likeness (QED) is 0.444.